The fourth-order valence-corrected chi connectivity index (χ4v) is 4.97. The Hall–Kier alpha value is -4.53. The SMILES string of the molecule is CC(=O)N1CCN(c2ccc3c4c(cccc24)C(=O)N(CCNC(=O)c2ccc(C=O)cc2)C3=O)CC1. The van der Waals surface area contributed by atoms with Crippen LogP contribution in [0.25, 0.3) is 10.8 Å². The van der Waals surface area contributed by atoms with Gasteiger partial charge in [0.25, 0.3) is 17.7 Å². The Morgan fingerprint density at radius 1 is 0.892 bits per heavy atom. The van der Waals surface area contributed by atoms with Crippen molar-refractivity contribution < 1.29 is 24.0 Å². The largest absolute Gasteiger partial charge is 0.367 e. The summed E-state index contributed by atoms with van der Waals surface area (Å²) in [7, 11) is 0. The second-order valence-electron chi connectivity index (χ2n) is 9.11. The maximum atomic E-state index is 13.3. The summed E-state index contributed by atoms with van der Waals surface area (Å²) in [5.41, 5.74) is 2.69. The molecule has 1 fully saturated rings. The zero-order chi connectivity index (χ0) is 26.1. The summed E-state index contributed by atoms with van der Waals surface area (Å²) in [4.78, 5) is 66.8. The molecule has 9 heteroatoms. The van der Waals surface area contributed by atoms with Crippen molar-refractivity contribution in [2.24, 2.45) is 0 Å². The number of nitrogens with one attached hydrogen (secondary N) is 1. The Balaban J connectivity index is 1.33. The normalized spacial score (nSPS) is 15.2. The molecular formula is C28H26N4O5. The molecular weight excluding hydrogens is 472 g/mol. The van der Waals surface area contributed by atoms with Crippen LogP contribution in [-0.2, 0) is 4.79 Å². The number of anilines is 1. The van der Waals surface area contributed by atoms with Gasteiger partial charge in [-0.3, -0.25) is 28.9 Å². The van der Waals surface area contributed by atoms with Crippen molar-refractivity contribution in [3.8, 4) is 0 Å². The van der Waals surface area contributed by atoms with Crippen molar-refractivity contribution in [3.05, 3.63) is 76.9 Å². The van der Waals surface area contributed by atoms with Gasteiger partial charge in [-0.05, 0) is 30.3 Å². The molecule has 2 heterocycles. The van der Waals surface area contributed by atoms with Crippen LogP contribution < -0.4 is 10.2 Å². The molecule has 0 saturated carbocycles. The summed E-state index contributed by atoms with van der Waals surface area (Å²) < 4.78 is 0. The Labute approximate surface area is 213 Å². The lowest BCUT2D eigenvalue weighted by Crippen LogP contribution is -2.48. The van der Waals surface area contributed by atoms with Gasteiger partial charge in [0, 0.05) is 84.9 Å². The number of rotatable bonds is 6. The van der Waals surface area contributed by atoms with Crippen molar-refractivity contribution in [2.75, 3.05) is 44.2 Å². The molecule has 0 unspecified atom stereocenters. The number of piperazine rings is 1. The van der Waals surface area contributed by atoms with Gasteiger partial charge in [0.2, 0.25) is 5.91 Å². The number of benzene rings is 3. The first-order valence-corrected chi connectivity index (χ1v) is 12.1. The molecule has 0 radical (unpaired) electrons. The van der Waals surface area contributed by atoms with E-state index in [2.05, 4.69) is 10.2 Å². The van der Waals surface area contributed by atoms with Gasteiger partial charge in [0.1, 0.15) is 6.29 Å². The first-order valence-electron chi connectivity index (χ1n) is 12.1. The average Bonchev–Trinajstić information content (AvgIpc) is 2.93. The molecule has 2 aliphatic rings. The Bertz CT molecular complexity index is 1400. The van der Waals surface area contributed by atoms with Gasteiger partial charge in [-0.1, -0.05) is 24.3 Å². The third-order valence-electron chi connectivity index (χ3n) is 6.96. The van der Waals surface area contributed by atoms with Crippen molar-refractivity contribution in [2.45, 2.75) is 6.92 Å². The maximum absolute atomic E-state index is 13.3. The van der Waals surface area contributed by atoms with E-state index in [1.54, 1.807) is 43.3 Å². The van der Waals surface area contributed by atoms with E-state index < -0.39 is 11.8 Å². The highest BCUT2D eigenvalue weighted by Gasteiger charge is 2.34. The highest BCUT2D eigenvalue weighted by Crippen LogP contribution is 2.36. The summed E-state index contributed by atoms with van der Waals surface area (Å²) in [5, 5.41) is 4.20. The van der Waals surface area contributed by atoms with Crippen LogP contribution in [0.15, 0.2) is 54.6 Å². The number of aldehydes is 1. The highest BCUT2D eigenvalue weighted by molar-refractivity contribution is 6.26. The first kappa shape index (κ1) is 24.2. The lowest BCUT2D eigenvalue weighted by molar-refractivity contribution is -0.129. The first-order chi connectivity index (χ1) is 17.9. The fraction of sp³-hybridized carbons (Fsp3) is 0.250. The Kier molecular flexibility index (Phi) is 6.43. The molecule has 0 aliphatic carbocycles. The molecule has 4 amide bonds. The van der Waals surface area contributed by atoms with Gasteiger partial charge in [0.05, 0.1) is 0 Å². The van der Waals surface area contributed by atoms with E-state index in [1.807, 2.05) is 23.1 Å². The minimum atomic E-state index is -0.397. The molecule has 2 aliphatic heterocycles. The molecule has 0 atom stereocenters. The Morgan fingerprint density at radius 3 is 2.22 bits per heavy atom. The van der Waals surface area contributed by atoms with Gasteiger partial charge in [-0.25, -0.2) is 0 Å². The molecule has 3 aromatic rings. The van der Waals surface area contributed by atoms with Crippen molar-refractivity contribution in [3.63, 3.8) is 0 Å². The molecule has 37 heavy (non-hydrogen) atoms. The third kappa shape index (κ3) is 4.44. The van der Waals surface area contributed by atoms with Gasteiger partial charge in [-0.15, -0.1) is 0 Å². The predicted molar refractivity (Wildman–Crippen MR) is 138 cm³/mol. The van der Waals surface area contributed by atoms with Gasteiger partial charge in [-0.2, -0.15) is 0 Å². The summed E-state index contributed by atoms with van der Waals surface area (Å²) in [6.45, 7) is 4.27. The minimum Gasteiger partial charge on any atom is -0.367 e. The van der Waals surface area contributed by atoms with Crippen LogP contribution in [0, 0.1) is 0 Å². The number of imide groups is 1. The lowest BCUT2D eigenvalue weighted by atomic mass is 9.92. The second-order valence-corrected chi connectivity index (χ2v) is 9.11. The van der Waals surface area contributed by atoms with E-state index in [-0.39, 0.29) is 24.9 Å². The van der Waals surface area contributed by atoms with Crippen LogP contribution in [-0.4, -0.2) is 79.0 Å². The zero-order valence-electron chi connectivity index (χ0n) is 20.4. The highest BCUT2D eigenvalue weighted by atomic mass is 16.2. The van der Waals surface area contributed by atoms with E-state index in [9.17, 15) is 24.0 Å². The topological polar surface area (TPSA) is 107 Å². The molecule has 0 spiro atoms. The van der Waals surface area contributed by atoms with E-state index in [0.29, 0.717) is 60.1 Å². The predicted octanol–water partition coefficient (Wildman–Crippen LogP) is 2.35. The number of carbonyl (C=O) groups is 5. The number of amides is 4. The summed E-state index contributed by atoms with van der Waals surface area (Å²) in [6, 6.07) is 15.3. The number of hydrogen-bond donors (Lipinski definition) is 1. The van der Waals surface area contributed by atoms with Crippen molar-refractivity contribution >= 4 is 46.4 Å². The molecule has 0 aromatic heterocycles. The molecule has 3 aromatic carbocycles. The average molecular weight is 499 g/mol. The van der Waals surface area contributed by atoms with E-state index in [1.165, 1.54) is 0 Å². The smallest absolute Gasteiger partial charge is 0.261 e. The second kappa shape index (κ2) is 9.85. The summed E-state index contributed by atoms with van der Waals surface area (Å²) in [6.07, 6.45) is 0.700. The van der Waals surface area contributed by atoms with Crippen molar-refractivity contribution in [1.29, 1.82) is 0 Å². The molecule has 0 bridgehead atoms. The zero-order valence-corrected chi connectivity index (χ0v) is 20.4. The summed E-state index contributed by atoms with van der Waals surface area (Å²) in [5.74, 6) is -1.09. The van der Waals surface area contributed by atoms with Crippen molar-refractivity contribution in [1.82, 2.24) is 15.1 Å². The number of nitrogens with zero attached hydrogens (tertiary/aromatic N) is 3. The molecule has 5 rings (SSSR count). The lowest BCUT2D eigenvalue weighted by Gasteiger charge is -2.37. The van der Waals surface area contributed by atoms with Crippen LogP contribution >= 0.6 is 0 Å². The molecule has 188 valence electrons. The van der Waals surface area contributed by atoms with Gasteiger partial charge >= 0.3 is 0 Å². The molecule has 1 saturated heterocycles. The fourth-order valence-electron chi connectivity index (χ4n) is 4.97. The quantitative estimate of drug-likeness (QED) is 0.413. The van der Waals surface area contributed by atoms with E-state index in [4.69, 9.17) is 0 Å². The van der Waals surface area contributed by atoms with Gasteiger partial charge in [0.15, 0.2) is 0 Å². The van der Waals surface area contributed by atoms with Crippen LogP contribution in [0.5, 0.6) is 0 Å². The number of carbonyl (C=O) groups excluding carboxylic acids is 5. The minimum absolute atomic E-state index is 0.0282. The molecule has 9 nitrogen and oxygen atoms in total. The summed E-state index contributed by atoms with van der Waals surface area (Å²) >= 11 is 0. The van der Waals surface area contributed by atoms with E-state index in [0.717, 1.165) is 16.0 Å². The van der Waals surface area contributed by atoms with Crippen LogP contribution in [0.1, 0.15) is 48.4 Å². The van der Waals surface area contributed by atoms with Crippen LogP contribution in [0.2, 0.25) is 0 Å². The van der Waals surface area contributed by atoms with Crippen LogP contribution in [0.4, 0.5) is 5.69 Å². The Morgan fingerprint density at radius 2 is 1.57 bits per heavy atom. The molecule has 1 N–H and O–H groups in total. The van der Waals surface area contributed by atoms with E-state index >= 15 is 0 Å². The third-order valence-corrected chi connectivity index (χ3v) is 6.96. The van der Waals surface area contributed by atoms with Gasteiger partial charge < -0.3 is 15.1 Å². The maximum Gasteiger partial charge on any atom is 0.261 e. The van der Waals surface area contributed by atoms with Crippen LogP contribution in [0.3, 0.4) is 0 Å². The standard InChI is InChI=1S/C28H26N4O5/c1-18(34)30-13-15-31(16-14-30)24-10-9-23-25-21(24)3-2-4-22(25)27(36)32(28(23)37)12-11-29-26(35)20-7-5-19(17-33)6-8-20/h2-10,17H,11-16H2,1H3,(H,29,35). The number of hydrogen-bond acceptors (Lipinski definition) is 6. The monoisotopic (exact) mass is 498 g/mol.